The highest BCUT2D eigenvalue weighted by Crippen LogP contribution is 2.21. The van der Waals surface area contributed by atoms with Gasteiger partial charge in [0.25, 0.3) is 5.91 Å². The third kappa shape index (κ3) is 4.55. The van der Waals surface area contributed by atoms with Crippen molar-refractivity contribution >= 4 is 22.8 Å². The predicted octanol–water partition coefficient (Wildman–Crippen LogP) is 5.51. The average molecular weight is 422 g/mol. The second kappa shape index (κ2) is 9.23. The number of rotatable bonds is 6. The Morgan fingerprint density at radius 1 is 0.969 bits per heavy atom. The molecule has 0 saturated heterocycles. The van der Waals surface area contributed by atoms with E-state index in [-0.39, 0.29) is 5.57 Å². The molecule has 4 rings (SSSR count). The highest BCUT2D eigenvalue weighted by molar-refractivity contribution is 6.06. The van der Waals surface area contributed by atoms with Gasteiger partial charge >= 0.3 is 0 Å². The van der Waals surface area contributed by atoms with Gasteiger partial charge in [-0.2, -0.15) is 5.26 Å². The summed E-state index contributed by atoms with van der Waals surface area (Å²) in [6.45, 7) is 4.23. The van der Waals surface area contributed by atoms with Crippen molar-refractivity contribution in [2.24, 2.45) is 0 Å². The van der Waals surface area contributed by atoms with Crippen LogP contribution in [-0.4, -0.2) is 10.6 Å². The number of aryl methyl sites for hydroxylation is 2. The van der Waals surface area contributed by atoms with Crippen LogP contribution in [0.1, 0.15) is 22.5 Å². The molecular weight excluding hydrogens is 398 g/mol. The summed E-state index contributed by atoms with van der Waals surface area (Å²) in [5.41, 5.74) is 6.43. The monoisotopic (exact) mass is 421 g/mol. The number of nitrogens with zero attached hydrogens (tertiary/aromatic N) is 2. The minimum Gasteiger partial charge on any atom is -0.489 e. The lowest BCUT2D eigenvalue weighted by atomic mass is 10.1. The minimum atomic E-state index is -0.453. The van der Waals surface area contributed by atoms with Crippen LogP contribution in [0.5, 0.6) is 5.75 Å². The summed E-state index contributed by atoms with van der Waals surface area (Å²) < 4.78 is 7.63. The fourth-order valence-electron chi connectivity index (χ4n) is 3.56. The molecule has 0 fully saturated rings. The van der Waals surface area contributed by atoms with Crippen LogP contribution in [0.3, 0.4) is 0 Å². The zero-order valence-corrected chi connectivity index (χ0v) is 18.0. The molecule has 4 aromatic rings. The first-order chi connectivity index (χ1) is 15.5. The van der Waals surface area contributed by atoms with E-state index in [0.717, 1.165) is 28.3 Å². The average Bonchev–Trinajstić information content (AvgIpc) is 3.14. The predicted molar refractivity (Wildman–Crippen MR) is 127 cm³/mol. The summed E-state index contributed by atoms with van der Waals surface area (Å²) in [5.74, 6) is 0.266. The Balaban J connectivity index is 1.45. The standard InChI is InChI=1S/C27H23N3O2/c1-19-10-11-20(2)30(19)29-27(31)24(17-28)16-21-12-14-25(15-13-21)32-18-23-8-5-7-22-6-3-4-9-26(22)23/h3-16H,18H2,1-2H3,(H,29,31)/b24-16-. The van der Waals surface area contributed by atoms with Crippen molar-refractivity contribution in [1.29, 1.82) is 5.26 Å². The molecule has 0 unspecified atom stereocenters. The van der Waals surface area contributed by atoms with Gasteiger partial charge in [0.1, 0.15) is 24.0 Å². The fraction of sp³-hybridized carbons (Fsp3) is 0.111. The number of fused-ring (bicyclic) bond motifs is 1. The van der Waals surface area contributed by atoms with Gasteiger partial charge in [-0.05, 0) is 66.1 Å². The molecule has 32 heavy (non-hydrogen) atoms. The number of ether oxygens (including phenoxy) is 1. The summed E-state index contributed by atoms with van der Waals surface area (Å²) >= 11 is 0. The number of nitriles is 1. The Labute approximate surface area is 187 Å². The summed E-state index contributed by atoms with van der Waals surface area (Å²) in [5, 5.41) is 11.8. The van der Waals surface area contributed by atoms with Gasteiger partial charge in [0.2, 0.25) is 0 Å². The highest BCUT2D eigenvalue weighted by atomic mass is 16.5. The largest absolute Gasteiger partial charge is 0.489 e. The third-order valence-corrected chi connectivity index (χ3v) is 5.31. The van der Waals surface area contributed by atoms with Crippen molar-refractivity contribution < 1.29 is 9.53 Å². The molecule has 1 heterocycles. The van der Waals surface area contributed by atoms with Gasteiger partial charge in [-0.1, -0.05) is 54.6 Å². The maximum atomic E-state index is 12.5. The van der Waals surface area contributed by atoms with Crippen LogP contribution in [0, 0.1) is 25.2 Å². The van der Waals surface area contributed by atoms with Crippen molar-refractivity contribution in [3.8, 4) is 11.8 Å². The highest BCUT2D eigenvalue weighted by Gasteiger charge is 2.11. The fourth-order valence-corrected chi connectivity index (χ4v) is 3.56. The summed E-state index contributed by atoms with van der Waals surface area (Å²) in [6.07, 6.45) is 1.57. The van der Waals surface area contributed by atoms with Crippen LogP contribution < -0.4 is 10.2 Å². The van der Waals surface area contributed by atoms with E-state index in [1.807, 2.05) is 74.5 Å². The molecule has 5 nitrogen and oxygen atoms in total. The van der Waals surface area contributed by atoms with Crippen molar-refractivity contribution in [1.82, 2.24) is 4.68 Å². The normalized spacial score (nSPS) is 11.2. The first-order valence-corrected chi connectivity index (χ1v) is 10.3. The molecule has 1 aromatic heterocycles. The van der Waals surface area contributed by atoms with Crippen LogP contribution in [-0.2, 0) is 11.4 Å². The topological polar surface area (TPSA) is 67.0 Å². The van der Waals surface area contributed by atoms with E-state index in [1.165, 1.54) is 10.8 Å². The smallest absolute Gasteiger partial charge is 0.280 e. The number of hydrogen-bond acceptors (Lipinski definition) is 3. The summed E-state index contributed by atoms with van der Waals surface area (Å²) in [7, 11) is 0. The van der Waals surface area contributed by atoms with Gasteiger partial charge in [-0.3, -0.25) is 14.9 Å². The van der Waals surface area contributed by atoms with Crippen molar-refractivity contribution in [2.75, 3.05) is 5.43 Å². The molecule has 0 aliphatic carbocycles. The Bertz CT molecular complexity index is 1320. The van der Waals surface area contributed by atoms with Crippen LogP contribution in [0.25, 0.3) is 16.8 Å². The molecule has 0 atom stereocenters. The number of benzene rings is 3. The quantitative estimate of drug-likeness (QED) is 0.329. The molecule has 5 heteroatoms. The van der Waals surface area contributed by atoms with Gasteiger partial charge in [0, 0.05) is 11.4 Å². The Hall–Kier alpha value is -4.30. The second-order valence-electron chi connectivity index (χ2n) is 7.56. The molecule has 3 aromatic carbocycles. The zero-order chi connectivity index (χ0) is 22.5. The number of nitrogens with one attached hydrogen (secondary N) is 1. The van der Waals surface area contributed by atoms with Crippen LogP contribution in [0.15, 0.2) is 84.4 Å². The zero-order valence-electron chi connectivity index (χ0n) is 18.0. The van der Waals surface area contributed by atoms with Gasteiger partial charge in [-0.15, -0.1) is 0 Å². The van der Waals surface area contributed by atoms with E-state index in [2.05, 4.69) is 29.7 Å². The van der Waals surface area contributed by atoms with Gasteiger partial charge in [0.05, 0.1) is 0 Å². The first-order valence-electron chi connectivity index (χ1n) is 10.3. The minimum absolute atomic E-state index is 0.0296. The van der Waals surface area contributed by atoms with E-state index < -0.39 is 5.91 Å². The molecule has 0 radical (unpaired) electrons. The molecule has 0 spiro atoms. The van der Waals surface area contributed by atoms with E-state index in [0.29, 0.717) is 6.61 Å². The maximum absolute atomic E-state index is 12.5. The molecule has 0 aliphatic heterocycles. The lowest BCUT2D eigenvalue weighted by Crippen LogP contribution is -2.25. The third-order valence-electron chi connectivity index (χ3n) is 5.31. The number of carbonyl (C=O) groups is 1. The molecule has 0 saturated carbocycles. The van der Waals surface area contributed by atoms with Crippen LogP contribution in [0.2, 0.25) is 0 Å². The van der Waals surface area contributed by atoms with Gasteiger partial charge in [0.15, 0.2) is 0 Å². The number of hydrogen-bond donors (Lipinski definition) is 1. The van der Waals surface area contributed by atoms with E-state index >= 15 is 0 Å². The van der Waals surface area contributed by atoms with Crippen LogP contribution in [0.4, 0.5) is 0 Å². The van der Waals surface area contributed by atoms with Crippen molar-refractivity contribution in [3.05, 3.63) is 107 Å². The van der Waals surface area contributed by atoms with Crippen molar-refractivity contribution in [3.63, 3.8) is 0 Å². The molecule has 1 N–H and O–H groups in total. The maximum Gasteiger partial charge on any atom is 0.280 e. The summed E-state index contributed by atoms with van der Waals surface area (Å²) in [6, 6.07) is 27.5. The lowest BCUT2D eigenvalue weighted by Gasteiger charge is -2.11. The van der Waals surface area contributed by atoms with Crippen molar-refractivity contribution in [2.45, 2.75) is 20.5 Å². The Morgan fingerprint density at radius 3 is 2.38 bits per heavy atom. The Kier molecular flexibility index (Phi) is 6.05. The van der Waals surface area contributed by atoms with Crippen LogP contribution >= 0.6 is 0 Å². The van der Waals surface area contributed by atoms with Gasteiger partial charge in [-0.25, -0.2) is 0 Å². The first kappa shape index (κ1) is 21.0. The lowest BCUT2D eigenvalue weighted by molar-refractivity contribution is -0.113. The van der Waals surface area contributed by atoms with E-state index in [1.54, 1.807) is 10.8 Å². The number of amides is 1. The summed E-state index contributed by atoms with van der Waals surface area (Å²) in [4.78, 5) is 12.5. The molecular formula is C27H23N3O2. The SMILES string of the molecule is Cc1ccc(C)n1NC(=O)/C(C#N)=C\c1ccc(OCc2cccc3ccccc23)cc1. The molecule has 158 valence electrons. The number of carbonyl (C=O) groups excluding carboxylic acids is 1. The molecule has 0 bridgehead atoms. The number of aromatic nitrogens is 1. The second-order valence-corrected chi connectivity index (χ2v) is 7.56. The van der Waals surface area contributed by atoms with Gasteiger partial charge < -0.3 is 4.74 Å². The Morgan fingerprint density at radius 2 is 1.66 bits per heavy atom. The van der Waals surface area contributed by atoms with E-state index in [4.69, 9.17) is 4.74 Å². The molecule has 1 amide bonds. The molecule has 0 aliphatic rings. The van der Waals surface area contributed by atoms with E-state index in [9.17, 15) is 10.1 Å².